The second-order valence-electron chi connectivity index (χ2n) is 3.89. The number of pyridine rings is 1. The summed E-state index contributed by atoms with van der Waals surface area (Å²) in [5.74, 6) is -0.367. The third-order valence-corrected chi connectivity index (χ3v) is 2.73. The predicted octanol–water partition coefficient (Wildman–Crippen LogP) is 1.43. The van der Waals surface area contributed by atoms with Crippen LogP contribution in [0.4, 0.5) is 13.2 Å². The Morgan fingerprint density at radius 3 is 2.38 bits per heavy atom. The Bertz CT molecular complexity index is 379. The molecule has 2 rings (SSSR count). The van der Waals surface area contributed by atoms with Crippen LogP contribution < -0.4 is 0 Å². The second-order valence-corrected chi connectivity index (χ2v) is 3.89. The summed E-state index contributed by atoms with van der Waals surface area (Å²) in [4.78, 5) is 3.32. The number of halogens is 3. The van der Waals surface area contributed by atoms with Gasteiger partial charge >= 0.3 is 13.3 Å². The molecule has 0 saturated heterocycles. The van der Waals surface area contributed by atoms with E-state index < -0.39 is 19.0 Å². The lowest BCUT2D eigenvalue weighted by Crippen LogP contribution is -2.11. The molecule has 1 saturated carbocycles. The van der Waals surface area contributed by atoms with Crippen molar-refractivity contribution in [3.8, 4) is 0 Å². The summed E-state index contributed by atoms with van der Waals surface area (Å²) in [6.45, 7) is 0. The van der Waals surface area contributed by atoms with Crippen LogP contribution in [0.2, 0.25) is 5.82 Å². The molecule has 1 aliphatic carbocycles. The van der Waals surface area contributed by atoms with Crippen molar-refractivity contribution in [2.24, 2.45) is 0 Å². The van der Waals surface area contributed by atoms with Crippen molar-refractivity contribution < 1.29 is 23.2 Å². The van der Waals surface area contributed by atoms with Gasteiger partial charge in [-0.2, -0.15) is 13.2 Å². The van der Waals surface area contributed by atoms with Crippen LogP contribution in [0.3, 0.4) is 0 Å². The fourth-order valence-corrected chi connectivity index (χ4v) is 1.72. The highest BCUT2D eigenvalue weighted by atomic mass is 19.4. The molecule has 0 unspecified atom stereocenters. The lowest BCUT2D eigenvalue weighted by Gasteiger charge is -2.06. The van der Waals surface area contributed by atoms with Gasteiger partial charge in [0.05, 0.1) is 0 Å². The van der Waals surface area contributed by atoms with Gasteiger partial charge in [0.2, 0.25) is 0 Å². The second kappa shape index (κ2) is 3.74. The van der Waals surface area contributed by atoms with Gasteiger partial charge in [0, 0.05) is 12.0 Å². The molecule has 1 aromatic heterocycles. The monoisotopic (exact) mass is 231 g/mol. The average molecular weight is 231 g/mol. The third kappa shape index (κ3) is 2.20. The van der Waals surface area contributed by atoms with E-state index in [4.69, 9.17) is 10.0 Å². The Morgan fingerprint density at radius 1 is 1.31 bits per heavy atom. The minimum Gasteiger partial charge on any atom is -0.427 e. The zero-order chi connectivity index (χ0) is 11.9. The Kier molecular flexibility index (Phi) is 2.67. The Balaban J connectivity index is 2.10. The molecular weight excluding hydrogens is 222 g/mol. The molecule has 1 aliphatic rings. The van der Waals surface area contributed by atoms with E-state index in [2.05, 4.69) is 4.98 Å². The van der Waals surface area contributed by atoms with Crippen LogP contribution >= 0.6 is 0 Å². The molecule has 0 amide bonds. The summed E-state index contributed by atoms with van der Waals surface area (Å²) in [5.41, 5.74) is -0.316. The Morgan fingerprint density at radius 2 is 2.00 bits per heavy atom. The molecule has 0 spiro atoms. The fourth-order valence-electron chi connectivity index (χ4n) is 1.72. The molecule has 3 nitrogen and oxygen atoms in total. The van der Waals surface area contributed by atoms with Gasteiger partial charge in [0.25, 0.3) is 0 Å². The molecule has 0 radical (unpaired) electrons. The van der Waals surface area contributed by atoms with Gasteiger partial charge in [-0.15, -0.1) is 0 Å². The highest BCUT2D eigenvalue weighted by molar-refractivity contribution is 6.44. The average Bonchev–Trinajstić information content (AvgIpc) is 2.96. The molecule has 0 bridgehead atoms. The first-order valence-electron chi connectivity index (χ1n) is 4.79. The topological polar surface area (TPSA) is 53.4 Å². The summed E-state index contributed by atoms with van der Waals surface area (Å²) in [7, 11) is -1.41. The van der Waals surface area contributed by atoms with Crippen molar-refractivity contribution in [2.45, 2.75) is 24.3 Å². The SMILES string of the molecule is OB(O)[C@@H]1C[C@H]1c1ccc(C(F)(F)F)nc1. The maximum absolute atomic E-state index is 12.2. The van der Waals surface area contributed by atoms with Crippen LogP contribution in [0.1, 0.15) is 23.6 Å². The highest BCUT2D eigenvalue weighted by Crippen LogP contribution is 2.53. The smallest absolute Gasteiger partial charge is 0.427 e. The number of hydrogen-bond donors (Lipinski definition) is 2. The van der Waals surface area contributed by atoms with E-state index in [0.29, 0.717) is 12.0 Å². The summed E-state index contributed by atoms with van der Waals surface area (Å²) in [6.07, 6.45) is -2.71. The quantitative estimate of drug-likeness (QED) is 0.757. The molecule has 1 heterocycles. The molecule has 0 aliphatic heterocycles. The van der Waals surface area contributed by atoms with E-state index in [1.54, 1.807) is 0 Å². The Hall–Kier alpha value is -1.08. The molecule has 1 fully saturated rings. The van der Waals surface area contributed by atoms with Crippen LogP contribution in [0.25, 0.3) is 0 Å². The first-order chi connectivity index (χ1) is 7.39. The van der Waals surface area contributed by atoms with Crippen molar-refractivity contribution in [2.75, 3.05) is 0 Å². The van der Waals surface area contributed by atoms with Gasteiger partial charge in [-0.25, -0.2) is 0 Å². The zero-order valence-electron chi connectivity index (χ0n) is 8.15. The molecule has 2 atom stereocenters. The molecule has 16 heavy (non-hydrogen) atoms. The van der Waals surface area contributed by atoms with E-state index in [0.717, 1.165) is 12.3 Å². The van der Waals surface area contributed by atoms with Gasteiger partial charge in [0.15, 0.2) is 0 Å². The molecule has 1 aromatic rings. The normalized spacial score (nSPS) is 24.3. The minimum atomic E-state index is -4.43. The number of rotatable bonds is 2. The van der Waals surface area contributed by atoms with Crippen LogP contribution in [0, 0.1) is 0 Å². The van der Waals surface area contributed by atoms with Crippen molar-refractivity contribution in [3.05, 3.63) is 29.6 Å². The maximum atomic E-state index is 12.2. The lowest BCUT2D eigenvalue weighted by atomic mass is 9.81. The molecule has 0 aromatic carbocycles. The third-order valence-electron chi connectivity index (χ3n) is 2.73. The first kappa shape index (κ1) is 11.4. The number of nitrogens with zero attached hydrogens (tertiary/aromatic N) is 1. The van der Waals surface area contributed by atoms with Crippen LogP contribution in [-0.4, -0.2) is 22.2 Å². The van der Waals surface area contributed by atoms with E-state index in [9.17, 15) is 13.2 Å². The van der Waals surface area contributed by atoms with Crippen molar-refractivity contribution in [1.82, 2.24) is 4.98 Å². The largest absolute Gasteiger partial charge is 0.455 e. The molecule has 2 N–H and O–H groups in total. The van der Waals surface area contributed by atoms with E-state index in [1.807, 2.05) is 0 Å². The predicted molar refractivity (Wildman–Crippen MR) is 50.5 cm³/mol. The van der Waals surface area contributed by atoms with Gasteiger partial charge in [-0.3, -0.25) is 4.98 Å². The summed E-state index contributed by atoms with van der Waals surface area (Å²) in [6, 6.07) is 2.25. The number of aromatic nitrogens is 1. The fraction of sp³-hybridized carbons (Fsp3) is 0.444. The molecular formula is C9H9BF3NO2. The van der Waals surface area contributed by atoms with Gasteiger partial charge in [0.1, 0.15) is 5.69 Å². The summed E-state index contributed by atoms with van der Waals surface area (Å²) in [5, 5.41) is 17.7. The lowest BCUT2D eigenvalue weighted by molar-refractivity contribution is -0.141. The van der Waals surface area contributed by atoms with E-state index >= 15 is 0 Å². The Labute approximate surface area is 90.1 Å². The summed E-state index contributed by atoms with van der Waals surface area (Å²) >= 11 is 0. The van der Waals surface area contributed by atoms with Gasteiger partial charge in [-0.05, 0) is 24.0 Å². The highest BCUT2D eigenvalue weighted by Gasteiger charge is 2.46. The van der Waals surface area contributed by atoms with Gasteiger partial charge < -0.3 is 10.0 Å². The standard InChI is InChI=1S/C9H9BF3NO2/c11-9(12,13)8-2-1-5(4-14-8)6-3-7(6)10(15)16/h1-2,4,6-7,15-16H,3H2/t6-,7+/m0/s1. The minimum absolute atomic E-state index is 0.0882. The number of alkyl halides is 3. The zero-order valence-corrected chi connectivity index (χ0v) is 8.15. The molecule has 86 valence electrons. The van der Waals surface area contributed by atoms with Crippen LogP contribution in [0.5, 0.6) is 0 Å². The van der Waals surface area contributed by atoms with E-state index in [-0.39, 0.29) is 11.7 Å². The first-order valence-corrected chi connectivity index (χ1v) is 4.79. The molecule has 7 heteroatoms. The number of hydrogen-bond acceptors (Lipinski definition) is 3. The van der Waals surface area contributed by atoms with E-state index in [1.165, 1.54) is 6.07 Å². The van der Waals surface area contributed by atoms with Gasteiger partial charge in [-0.1, -0.05) is 6.07 Å². The van der Waals surface area contributed by atoms with Crippen LogP contribution in [-0.2, 0) is 6.18 Å². The van der Waals surface area contributed by atoms with Crippen molar-refractivity contribution >= 4 is 7.12 Å². The van der Waals surface area contributed by atoms with Crippen LogP contribution in [0.15, 0.2) is 18.3 Å². The maximum Gasteiger partial charge on any atom is 0.455 e. The van der Waals surface area contributed by atoms with Crippen molar-refractivity contribution in [1.29, 1.82) is 0 Å². The summed E-state index contributed by atoms with van der Waals surface area (Å²) < 4.78 is 36.6. The van der Waals surface area contributed by atoms with Crippen molar-refractivity contribution in [3.63, 3.8) is 0 Å².